The van der Waals surface area contributed by atoms with Gasteiger partial charge >= 0.3 is 6.03 Å². The highest BCUT2D eigenvalue weighted by Gasteiger charge is 2.25. The highest BCUT2D eigenvalue weighted by molar-refractivity contribution is 9.10. The number of nitrogens with one attached hydrogen (secondary N) is 1. The van der Waals surface area contributed by atoms with E-state index in [1.165, 1.54) is 37.7 Å². The maximum atomic E-state index is 12.1. The summed E-state index contributed by atoms with van der Waals surface area (Å²) < 4.78 is 1.01. The van der Waals surface area contributed by atoms with Crippen LogP contribution in [-0.2, 0) is 6.54 Å². The highest BCUT2D eigenvalue weighted by atomic mass is 79.9. The third kappa shape index (κ3) is 2.94. The van der Waals surface area contributed by atoms with E-state index in [1.54, 1.807) is 0 Å². The van der Waals surface area contributed by atoms with Gasteiger partial charge in [0.2, 0.25) is 0 Å². The average molecular weight is 323 g/mol. The van der Waals surface area contributed by atoms with Crippen molar-refractivity contribution in [2.45, 2.75) is 38.6 Å². The van der Waals surface area contributed by atoms with E-state index in [0.29, 0.717) is 5.92 Å². The van der Waals surface area contributed by atoms with Gasteiger partial charge in [0, 0.05) is 23.2 Å². The second kappa shape index (κ2) is 5.53. The van der Waals surface area contributed by atoms with E-state index in [0.717, 1.165) is 23.2 Å². The topological polar surface area (TPSA) is 32.3 Å². The minimum absolute atomic E-state index is 0.0520. The molecule has 0 saturated heterocycles. The monoisotopic (exact) mass is 322 g/mol. The Morgan fingerprint density at radius 2 is 2.05 bits per heavy atom. The molecule has 1 fully saturated rings. The first-order valence-corrected chi connectivity index (χ1v) is 7.86. The number of halogens is 1. The van der Waals surface area contributed by atoms with Crippen LogP contribution in [0.3, 0.4) is 0 Å². The first-order chi connectivity index (χ1) is 9.22. The largest absolute Gasteiger partial charge is 0.322 e. The average Bonchev–Trinajstić information content (AvgIpc) is 2.41. The molecular weight excluding hydrogens is 304 g/mol. The number of hydrogen-bond acceptors (Lipinski definition) is 1. The zero-order chi connectivity index (χ0) is 13.2. The molecule has 1 aliphatic heterocycles. The third-order valence-corrected chi connectivity index (χ3v) is 4.66. The Labute approximate surface area is 122 Å². The summed E-state index contributed by atoms with van der Waals surface area (Å²) in [7, 11) is 0. The van der Waals surface area contributed by atoms with Gasteiger partial charge in [0.1, 0.15) is 0 Å². The predicted octanol–water partition coefficient (Wildman–Crippen LogP) is 4.38. The second-order valence-corrected chi connectivity index (χ2v) is 6.53. The van der Waals surface area contributed by atoms with Crippen molar-refractivity contribution in [2.75, 3.05) is 11.9 Å². The summed E-state index contributed by atoms with van der Waals surface area (Å²) in [6.45, 7) is 1.65. The van der Waals surface area contributed by atoms with Gasteiger partial charge < -0.3 is 10.2 Å². The molecule has 102 valence electrons. The van der Waals surface area contributed by atoms with Gasteiger partial charge in [-0.05, 0) is 36.5 Å². The van der Waals surface area contributed by atoms with Crippen LogP contribution in [0.25, 0.3) is 0 Å². The second-order valence-electron chi connectivity index (χ2n) is 5.62. The molecule has 1 N–H and O–H groups in total. The number of amides is 2. The Bertz CT molecular complexity index is 483. The van der Waals surface area contributed by atoms with E-state index in [9.17, 15) is 4.79 Å². The van der Waals surface area contributed by atoms with Crippen molar-refractivity contribution in [3.05, 3.63) is 28.2 Å². The molecule has 0 spiro atoms. The molecule has 1 aromatic rings. The van der Waals surface area contributed by atoms with Crippen LogP contribution in [0.1, 0.15) is 37.7 Å². The molecule has 0 unspecified atom stereocenters. The molecule has 1 aliphatic carbocycles. The molecule has 0 aromatic heterocycles. The Morgan fingerprint density at radius 1 is 1.26 bits per heavy atom. The van der Waals surface area contributed by atoms with Gasteiger partial charge in [-0.15, -0.1) is 0 Å². The molecule has 0 atom stereocenters. The molecule has 2 amide bonds. The van der Waals surface area contributed by atoms with Crippen LogP contribution in [0.5, 0.6) is 0 Å². The molecule has 19 heavy (non-hydrogen) atoms. The number of fused-ring (bicyclic) bond motifs is 1. The predicted molar refractivity (Wildman–Crippen MR) is 80.1 cm³/mol. The van der Waals surface area contributed by atoms with Gasteiger partial charge in [0.25, 0.3) is 0 Å². The number of urea groups is 1. The summed E-state index contributed by atoms with van der Waals surface area (Å²) in [6.07, 6.45) is 6.56. The molecule has 2 aliphatic rings. The van der Waals surface area contributed by atoms with E-state index < -0.39 is 0 Å². The number of nitrogens with zero attached hydrogens (tertiary/aromatic N) is 1. The lowest BCUT2D eigenvalue weighted by Gasteiger charge is -2.33. The SMILES string of the molecule is O=C1Nc2cc(Br)ccc2CN1CC1CCCCC1. The zero-order valence-corrected chi connectivity index (χ0v) is 12.6. The fourth-order valence-electron chi connectivity index (χ4n) is 3.10. The summed E-state index contributed by atoms with van der Waals surface area (Å²) in [5.41, 5.74) is 2.15. The van der Waals surface area contributed by atoms with Gasteiger partial charge in [0.05, 0.1) is 0 Å². The summed E-state index contributed by atoms with van der Waals surface area (Å²) >= 11 is 3.44. The van der Waals surface area contributed by atoms with E-state index in [-0.39, 0.29) is 6.03 Å². The zero-order valence-electron chi connectivity index (χ0n) is 11.0. The van der Waals surface area contributed by atoms with Crippen molar-refractivity contribution in [1.82, 2.24) is 4.90 Å². The number of benzene rings is 1. The van der Waals surface area contributed by atoms with Crippen LogP contribution in [-0.4, -0.2) is 17.5 Å². The highest BCUT2D eigenvalue weighted by Crippen LogP contribution is 2.29. The first kappa shape index (κ1) is 13.0. The molecule has 1 saturated carbocycles. The van der Waals surface area contributed by atoms with E-state index in [2.05, 4.69) is 27.3 Å². The van der Waals surface area contributed by atoms with Crippen molar-refractivity contribution in [1.29, 1.82) is 0 Å². The van der Waals surface area contributed by atoms with Gasteiger partial charge in [-0.2, -0.15) is 0 Å². The van der Waals surface area contributed by atoms with Gasteiger partial charge in [-0.1, -0.05) is 41.3 Å². The van der Waals surface area contributed by atoms with Gasteiger partial charge in [-0.25, -0.2) is 4.79 Å². The lowest BCUT2D eigenvalue weighted by atomic mass is 9.89. The maximum absolute atomic E-state index is 12.1. The number of rotatable bonds is 2. The summed E-state index contributed by atoms with van der Waals surface area (Å²) in [5.74, 6) is 0.691. The molecule has 0 radical (unpaired) electrons. The van der Waals surface area contributed by atoms with Crippen molar-refractivity contribution in [2.24, 2.45) is 5.92 Å². The smallest absolute Gasteiger partial charge is 0.320 e. The molecule has 3 rings (SSSR count). The summed E-state index contributed by atoms with van der Waals surface area (Å²) in [5, 5.41) is 3.00. The standard InChI is InChI=1S/C15H19BrN2O/c16-13-7-6-12-10-18(15(19)17-14(12)8-13)9-11-4-2-1-3-5-11/h6-8,11H,1-5,9-10H2,(H,17,19). The van der Waals surface area contributed by atoms with E-state index >= 15 is 0 Å². The van der Waals surface area contributed by atoms with Crippen molar-refractivity contribution >= 4 is 27.6 Å². The summed E-state index contributed by atoms with van der Waals surface area (Å²) in [6, 6.07) is 6.16. The van der Waals surface area contributed by atoms with Crippen molar-refractivity contribution in [3.63, 3.8) is 0 Å². The van der Waals surface area contributed by atoms with Crippen molar-refractivity contribution in [3.8, 4) is 0 Å². The normalized spacial score (nSPS) is 20.1. The van der Waals surface area contributed by atoms with E-state index in [1.807, 2.05) is 17.0 Å². The molecular formula is C15H19BrN2O. The first-order valence-electron chi connectivity index (χ1n) is 7.07. The number of anilines is 1. The lowest BCUT2D eigenvalue weighted by Crippen LogP contribution is -2.41. The van der Waals surface area contributed by atoms with E-state index in [4.69, 9.17) is 0 Å². The summed E-state index contributed by atoms with van der Waals surface area (Å²) in [4.78, 5) is 14.1. The van der Waals surface area contributed by atoms with Crippen LogP contribution in [0.2, 0.25) is 0 Å². The Morgan fingerprint density at radius 3 is 2.84 bits per heavy atom. The quantitative estimate of drug-likeness (QED) is 0.861. The van der Waals surface area contributed by atoms with Crippen molar-refractivity contribution < 1.29 is 4.79 Å². The van der Waals surface area contributed by atoms with Crippen LogP contribution in [0, 0.1) is 5.92 Å². The Kier molecular flexibility index (Phi) is 3.78. The van der Waals surface area contributed by atoms with Crippen LogP contribution in [0.15, 0.2) is 22.7 Å². The number of carbonyl (C=O) groups excluding carboxylic acids is 1. The Balaban J connectivity index is 1.70. The Hall–Kier alpha value is -1.03. The fourth-order valence-corrected chi connectivity index (χ4v) is 3.46. The maximum Gasteiger partial charge on any atom is 0.322 e. The molecule has 1 aromatic carbocycles. The number of carbonyl (C=O) groups is 1. The van der Waals surface area contributed by atoms with Crippen LogP contribution < -0.4 is 5.32 Å². The van der Waals surface area contributed by atoms with Crippen LogP contribution in [0.4, 0.5) is 10.5 Å². The minimum Gasteiger partial charge on any atom is -0.320 e. The minimum atomic E-state index is 0.0520. The molecule has 3 nitrogen and oxygen atoms in total. The molecule has 0 bridgehead atoms. The fraction of sp³-hybridized carbons (Fsp3) is 0.533. The van der Waals surface area contributed by atoms with Gasteiger partial charge in [-0.3, -0.25) is 0 Å². The lowest BCUT2D eigenvalue weighted by molar-refractivity contribution is 0.184. The number of hydrogen-bond donors (Lipinski definition) is 1. The van der Waals surface area contributed by atoms with Gasteiger partial charge in [0.15, 0.2) is 0 Å². The third-order valence-electron chi connectivity index (χ3n) is 4.17. The van der Waals surface area contributed by atoms with Crippen LogP contribution >= 0.6 is 15.9 Å². The molecule has 1 heterocycles. The molecule has 4 heteroatoms.